The molecule has 1 aromatic carbocycles. The molecule has 21 heavy (non-hydrogen) atoms. The van der Waals surface area contributed by atoms with Crippen LogP contribution in [0.15, 0.2) is 48.7 Å². The van der Waals surface area contributed by atoms with Crippen molar-refractivity contribution in [3.63, 3.8) is 0 Å². The van der Waals surface area contributed by atoms with Crippen molar-refractivity contribution in [2.24, 2.45) is 0 Å². The van der Waals surface area contributed by atoms with Gasteiger partial charge in [0, 0.05) is 23.7 Å². The lowest BCUT2D eigenvalue weighted by Crippen LogP contribution is -2.19. The maximum atomic E-state index is 12.1. The zero-order valence-electron chi connectivity index (χ0n) is 11.6. The summed E-state index contributed by atoms with van der Waals surface area (Å²) in [7, 11) is 0. The number of benzene rings is 1. The van der Waals surface area contributed by atoms with Gasteiger partial charge in [-0.05, 0) is 36.8 Å². The van der Waals surface area contributed by atoms with Crippen LogP contribution in [0.2, 0.25) is 0 Å². The molecule has 108 valence electrons. The van der Waals surface area contributed by atoms with Gasteiger partial charge in [0.05, 0.1) is 0 Å². The molecular weight excluding hydrogens is 268 g/mol. The second-order valence-electron chi connectivity index (χ2n) is 4.60. The number of rotatable bonds is 5. The average molecular weight is 284 g/mol. The molecule has 0 aliphatic carbocycles. The molecular formula is C16H16N2O3. The Balaban J connectivity index is 2.05. The molecule has 0 aliphatic heterocycles. The largest absolute Gasteiger partial charge is 0.478 e. The van der Waals surface area contributed by atoms with Gasteiger partial charge in [0.2, 0.25) is 5.91 Å². The lowest BCUT2D eigenvalue weighted by atomic mass is 10.2. The normalized spacial score (nSPS) is 10.7. The average Bonchev–Trinajstić information content (AvgIpc) is 2.86. The van der Waals surface area contributed by atoms with Crippen LogP contribution in [0.25, 0.3) is 6.08 Å². The first-order chi connectivity index (χ1) is 10.1. The highest BCUT2D eigenvalue weighted by molar-refractivity contribution is 5.91. The number of amides is 1. The summed E-state index contributed by atoms with van der Waals surface area (Å²) in [6, 6.07) is 11.1. The van der Waals surface area contributed by atoms with E-state index in [-0.39, 0.29) is 12.5 Å². The summed E-state index contributed by atoms with van der Waals surface area (Å²) in [5.74, 6) is -1.18. The van der Waals surface area contributed by atoms with Crippen molar-refractivity contribution < 1.29 is 14.7 Å². The predicted octanol–water partition coefficient (Wildman–Crippen LogP) is 2.53. The number of carboxylic acid groups (broad SMARTS) is 1. The molecule has 0 radical (unpaired) electrons. The minimum absolute atomic E-state index is 0.126. The summed E-state index contributed by atoms with van der Waals surface area (Å²) < 4.78 is 1.69. The Labute approximate surface area is 122 Å². The van der Waals surface area contributed by atoms with Gasteiger partial charge in [-0.25, -0.2) is 4.79 Å². The van der Waals surface area contributed by atoms with E-state index in [4.69, 9.17) is 5.11 Å². The maximum Gasteiger partial charge on any atom is 0.328 e. The summed E-state index contributed by atoms with van der Waals surface area (Å²) in [6.07, 6.45) is 4.24. The number of carboxylic acids is 1. The quantitative estimate of drug-likeness (QED) is 0.829. The van der Waals surface area contributed by atoms with Gasteiger partial charge in [0.1, 0.15) is 6.54 Å². The molecule has 0 bridgehead atoms. The fourth-order valence-electron chi connectivity index (χ4n) is 1.94. The fourth-order valence-corrected chi connectivity index (χ4v) is 1.94. The lowest BCUT2D eigenvalue weighted by Gasteiger charge is -2.10. The van der Waals surface area contributed by atoms with E-state index in [0.717, 1.165) is 17.3 Å². The molecule has 5 nitrogen and oxygen atoms in total. The van der Waals surface area contributed by atoms with E-state index < -0.39 is 5.97 Å². The van der Waals surface area contributed by atoms with E-state index in [1.54, 1.807) is 22.9 Å². The first kappa shape index (κ1) is 14.6. The molecule has 0 fully saturated rings. The molecule has 2 rings (SSSR count). The molecule has 1 amide bonds. The molecule has 2 N–H and O–H groups in total. The highest BCUT2D eigenvalue weighted by Gasteiger charge is 2.07. The maximum absolute atomic E-state index is 12.1. The molecule has 0 aliphatic rings. The van der Waals surface area contributed by atoms with E-state index in [9.17, 15) is 9.59 Å². The molecule has 0 saturated heterocycles. The summed E-state index contributed by atoms with van der Waals surface area (Å²) in [5.41, 5.74) is 2.43. The number of aryl methyl sites for hydroxylation is 1. The van der Waals surface area contributed by atoms with Gasteiger partial charge in [-0.15, -0.1) is 0 Å². The van der Waals surface area contributed by atoms with Gasteiger partial charge in [-0.3, -0.25) is 4.79 Å². The molecule has 0 atom stereocenters. The second kappa shape index (κ2) is 6.56. The lowest BCUT2D eigenvalue weighted by molar-refractivity contribution is -0.131. The monoisotopic (exact) mass is 284 g/mol. The number of hydrogen-bond acceptors (Lipinski definition) is 2. The molecule has 2 aromatic rings. The second-order valence-corrected chi connectivity index (χ2v) is 4.60. The van der Waals surface area contributed by atoms with Crippen molar-refractivity contribution in [1.82, 2.24) is 4.57 Å². The van der Waals surface area contributed by atoms with Crippen LogP contribution in [0, 0.1) is 6.92 Å². The van der Waals surface area contributed by atoms with Crippen LogP contribution in [0.5, 0.6) is 0 Å². The van der Waals surface area contributed by atoms with Gasteiger partial charge >= 0.3 is 5.97 Å². The Hall–Kier alpha value is -2.82. The molecule has 5 heteroatoms. The third kappa shape index (κ3) is 4.07. The van der Waals surface area contributed by atoms with Crippen molar-refractivity contribution in [2.75, 3.05) is 5.32 Å². The summed E-state index contributed by atoms with van der Waals surface area (Å²) in [4.78, 5) is 22.6. The first-order valence-electron chi connectivity index (χ1n) is 6.48. The van der Waals surface area contributed by atoms with E-state index in [1.807, 2.05) is 31.2 Å². The number of nitrogens with zero attached hydrogens (tertiary/aromatic N) is 1. The van der Waals surface area contributed by atoms with Crippen molar-refractivity contribution in [3.8, 4) is 0 Å². The van der Waals surface area contributed by atoms with Crippen molar-refractivity contribution >= 4 is 23.6 Å². The minimum atomic E-state index is -1.02. The van der Waals surface area contributed by atoms with Crippen LogP contribution >= 0.6 is 0 Å². The summed E-state index contributed by atoms with van der Waals surface area (Å²) in [5, 5.41) is 11.5. The van der Waals surface area contributed by atoms with E-state index >= 15 is 0 Å². The van der Waals surface area contributed by atoms with Gasteiger partial charge < -0.3 is 15.0 Å². The van der Waals surface area contributed by atoms with Crippen LogP contribution in [-0.4, -0.2) is 21.6 Å². The van der Waals surface area contributed by atoms with Gasteiger partial charge in [-0.2, -0.15) is 0 Å². The molecule has 1 aromatic heterocycles. The Bertz CT molecular complexity index is 686. The van der Waals surface area contributed by atoms with E-state index in [0.29, 0.717) is 5.69 Å². The van der Waals surface area contributed by atoms with Crippen molar-refractivity contribution in [1.29, 1.82) is 0 Å². The van der Waals surface area contributed by atoms with Crippen LogP contribution in [0.1, 0.15) is 11.3 Å². The Kier molecular flexibility index (Phi) is 4.56. The molecule has 1 heterocycles. The predicted molar refractivity (Wildman–Crippen MR) is 80.9 cm³/mol. The summed E-state index contributed by atoms with van der Waals surface area (Å²) >= 11 is 0. The summed E-state index contributed by atoms with van der Waals surface area (Å²) in [6.45, 7) is 2.05. The molecule has 0 spiro atoms. The minimum Gasteiger partial charge on any atom is -0.478 e. The number of aliphatic carboxylic acids is 1. The number of para-hydroxylation sites is 1. The van der Waals surface area contributed by atoms with Crippen LogP contribution < -0.4 is 5.32 Å². The standard InChI is InChI=1S/C16H16N2O3/c1-12-5-2-3-7-14(12)17-15(19)11-18-10-4-6-13(18)8-9-16(20)21/h2-10H,11H2,1H3,(H,17,19)(H,20,21)/b9-8+. The zero-order valence-corrected chi connectivity index (χ0v) is 11.6. The smallest absolute Gasteiger partial charge is 0.328 e. The van der Waals surface area contributed by atoms with Gasteiger partial charge in [0.25, 0.3) is 0 Å². The number of aromatic nitrogens is 1. The highest BCUT2D eigenvalue weighted by atomic mass is 16.4. The van der Waals surface area contributed by atoms with Crippen LogP contribution in [0.3, 0.4) is 0 Å². The van der Waals surface area contributed by atoms with Crippen molar-refractivity contribution in [3.05, 3.63) is 59.9 Å². The van der Waals surface area contributed by atoms with E-state index in [2.05, 4.69) is 5.32 Å². The highest BCUT2D eigenvalue weighted by Crippen LogP contribution is 2.13. The third-order valence-electron chi connectivity index (χ3n) is 2.99. The molecule has 0 unspecified atom stereocenters. The number of carbonyl (C=O) groups is 2. The first-order valence-corrected chi connectivity index (χ1v) is 6.48. The third-order valence-corrected chi connectivity index (χ3v) is 2.99. The van der Waals surface area contributed by atoms with Gasteiger partial charge in [-0.1, -0.05) is 18.2 Å². The van der Waals surface area contributed by atoms with E-state index in [1.165, 1.54) is 6.08 Å². The number of anilines is 1. The van der Waals surface area contributed by atoms with Gasteiger partial charge in [0.15, 0.2) is 0 Å². The Morgan fingerprint density at radius 2 is 2.00 bits per heavy atom. The number of carbonyl (C=O) groups excluding carboxylic acids is 1. The van der Waals surface area contributed by atoms with Crippen molar-refractivity contribution in [2.45, 2.75) is 13.5 Å². The number of hydrogen-bond donors (Lipinski definition) is 2. The number of nitrogens with one attached hydrogen (secondary N) is 1. The topological polar surface area (TPSA) is 71.3 Å². The fraction of sp³-hybridized carbons (Fsp3) is 0.125. The Morgan fingerprint density at radius 1 is 1.24 bits per heavy atom. The SMILES string of the molecule is Cc1ccccc1NC(=O)Cn1cccc1/C=C/C(=O)O. The Morgan fingerprint density at radius 3 is 2.71 bits per heavy atom. The van der Waals surface area contributed by atoms with Crippen LogP contribution in [-0.2, 0) is 16.1 Å². The van der Waals surface area contributed by atoms with Crippen LogP contribution in [0.4, 0.5) is 5.69 Å². The zero-order chi connectivity index (χ0) is 15.2. The molecule has 0 saturated carbocycles.